The molecule has 8 heteroatoms. The fourth-order valence-corrected chi connectivity index (χ4v) is 2.54. The minimum absolute atomic E-state index is 0.0546. The van der Waals surface area contributed by atoms with Crippen LogP contribution in [0.5, 0.6) is 0 Å². The summed E-state index contributed by atoms with van der Waals surface area (Å²) in [4.78, 5) is 16.5. The topological polar surface area (TPSA) is 115 Å². The molecule has 0 saturated heterocycles. The zero-order valence-corrected chi connectivity index (χ0v) is 11.0. The quantitative estimate of drug-likeness (QED) is 0.737. The second kappa shape index (κ2) is 5.04. The Morgan fingerprint density at radius 1 is 1.30 bits per heavy atom. The third-order valence-electron chi connectivity index (χ3n) is 3.62. The zero-order valence-electron chi connectivity index (χ0n) is 11.0. The molecular formula is C12H17N7O. The highest BCUT2D eigenvalue weighted by atomic mass is 16.3. The number of anilines is 2. The first-order chi connectivity index (χ1) is 9.71. The van der Waals surface area contributed by atoms with Crippen LogP contribution in [0.15, 0.2) is 18.7 Å². The van der Waals surface area contributed by atoms with Crippen molar-refractivity contribution in [1.29, 1.82) is 0 Å². The van der Waals surface area contributed by atoms with Crippen LogP contribution in [0.4, 0.5) is 11.9 Å². The molecule has 1 aliphatic rings. The van der Waals surface area contributed by atoms with Crippen molar-refractivity contribution in [1.82, 2.24) is 24.5 Å². The number of nitrogens with zero attached hydrogens (tertiary/aromatic N) is 5. The van der Waals surface area contributed by atoms with E-state index in [1.165, 1.54) is 0 Å². The van der Waals surface area contributed by atoms with Gasteiger partial charge in [-0.2, -0.15) is 15.0 Å². The summed E-state index contributed by atoms with van der Waals surface area (Å²) in [5.41, 5.74) is 5.38. The van der Waals surface area contributed by atoms with E-state index >= 15 is 0 Å². The summed E-state index contributed by atoms with van der Waals surface area (Å²) in [5, 5.41) is 12.8. The summed E-state index contributed by atoms with van der Waals surface area (Å²) in [6.45, 7) is 0.0546. The van der Waals surface area contributed by atoms with E-state index in [9.17, 15) is 5.11 Å². The molecule has 3 rings (SSSR count). The van der Waals surface area contributed by atoms with Gasteiger partial charge in [-0.15, -0.1) is 0 Å². The first-order valence-electron chi connectivity index (χ1n) is 6.60. The van der Waals surface area contributed by atoms with E-state index in [4.69, 9.17) is 5.73 Å². The molecule has 1 aliphatic carbocycles. The smallest absolute Gasteiger partial charge is 0.241 e. The van der Waals surface area contributed by atoms with E-state index in [-0.39, 0.29) is 18.1 Å². The Morgan fingerprint density at radius 2 is 2.10 bits per heavy atom. The first-order valence-corrected chi connectivity index (χ1v) is 6.60. The van der Waals surface area contributed by atoms with Crippen LogP contribution in [0.2, 0.25) is 0 Å². The van der Waals surface area contributed by atoms with Crippen LogP contribution in [0.1, 0.15) is 25.7 Å². The van der Waals surface area contributed by atoms with Gasteiger partial charge in [0, 0.05) is 12.4 Å². The van der Waals surface area contributed by atoms with Gasteiger partial charge in [0.05, 0.1) is 12.1 Å². The predicted molar refractivity (Wildman–Crippen MR) is 73.3 cm³/mol. The lowest BCUT2D eigenvalue weighted by molar-refractivity contribution is 0.213. The van der Waals surface area contributed by atoms with Crippen molar-refractivity contribution in [2.75, 3.05) is 17.7 Å². The lowest BCUT2D eigenvalue weighted by Crippen LogP contribution is -2.39. The summed E-state index contributed by atoms with van der Waals surface area (Å²) < 4.78 is 1.66. The van der Waals surface area contributed by atoms with Gasteiger partial charge in [0.15, 0.2) is 0 Å². The van der Waals surface area contributed by atoms with E-state index in [2.05, 4.69) is 25.3 Å². The maximum atomic E-state index is 9.62. The van der Waals surface area contributed by atoms with Crippen molar-refractivity contribution in [2.24, 2.45) is 0 Å². The highest BCUT2D eigenvalue weighted by Crippen LogP contribution is 2.31. The molecule has 8 nitrogen and oxygen atoms in total. The monoisotopic (exact) mass is 275 g/mol. The third-order valence-corrected chi connectivity index (χ3v) is 3.62. The van der Waals surface area contributed by atoms with Gasteiger partial charge in [-0.1, -0.05) is 12.8 Å². The number of hydrogen-bond donors (Lipinski definition) is 3. The van der Waals surface area contributed by atoms with Crippen LogP contribution in [0, 0.1) is 0 Å². The van der Waals surface area contributed by atoms with Crippen molar-refractivity contribution in [2.45, 2.75) is 31.2 Å². The number of nitrogens with two attached hydrogens (primary N) is 1. The fourth-order valence-electron chi connectivity index (χ4n) is 2.54. The van der Waals surface area contributed by atoms with Crippen molar-refractivity contribution in [3.05, 3.63) is 18.7 Å². The van der Waals surface area contributed by atoms with Crippen molar-refractivity contribution >= 4 is 11.9 Å². The number of imidazole rings is 1. The minimum Gasteiger partial charge on any atom is -0.394 e. The second-order valence-electron chi connectivity index (χ2n) is 5.06. The maximum absolute atomic E-state index is 9.62. The van der Waals surface area contributed by atoms with Crippen LogP contribution in [0.3, 0.4) is 0 Å². The number of aromatic nitrogens is 5. The van der Waals surface area contributed by atoms with Crippen LogP contribution >= 0.6 is 0 Å². The molecule has 2 heterocycles. The molecule has 2 aromatic rings. The van der Waals surface area contributed by atoms with E-state index in [1.807, 2.05) is 0 Å². The van der Waals surface area contributed by atoms with Crippen molar-refractivity contribution in [3.8, 4) is 5.95 Å². The molecule has 0 aliphatic heterocycles. The van der Waals surface area contributed by atoms with E-state index in [0.717, 1.165) is 25.7 Å². The molecule has 2 aromatic heterocycles. The predicted octanol–water partition coefficient (Wildman–Crippen LogP) is 0.356. The largest absolute Gasteiger partial charge is 0.394 e. The standard InChI is InChI=1S/C12H17N7O/c13-9-15-10(18-12(7-20)3-1-2-4-12)17-11(16-9)19-6-5-14-8-19/h5-6,8,20H,1-4,7H2,(H3,13,15,16,17,18). The van der Waals surface area contributed by atoms with Gasteiger partial charge in [0.25, 0.3) is 0 Å². The van der Waals surface area contributed by atoms with E-state index in [0.29, 0.717) is 11.9 Å². The second-order valence-corrected chi connectivity index (χ2v) is 5.06. The zero-order chi connectivity index (χ0) is 14.0. The summed E-state index contributed by atoms with van der Waals surface area (Å²) in [5.74, 6) is 0.929. The molecule has 4 N–H and O–H groups in total. The van der Waals surface area contributed by atoms with Gasteiger partial charge in [-0.25, -0.2) is 4.98 Å². The molecule has 1 saturated carbocycles. The van der Waals surface area contributed by atoms with Gasteiger partial charge in [0.1, 0.15) is 6.33 Å². The molecular weight excluding hydrogens is 258 g/mol. The van der Waals surface area contributed by atoms with E-state index < -0.39 is 0 Å². The van der Waals surface area contributed by atoms with Crippen LogP contribution in [-0.2, 0) is 0 Å². The third kappa shape index (κ3) is 2.42. The van der Waals surface area contributed by atoms with Crippen LogP contribution in [0.25, 0.3) is 5.95 Å². The molecule has 0 unspecified atom stereocenters. The lowest BCUT2D eigenvalue weighted by atomic mass is 9.99. The number of nitrogens with one attached hydrogen (secondary N) is 1. The Balaban J connectivity index is 1.90. The molecule has 0 bridgehead atoms. The Labute approximate surface area is 116 Å². The normalized spacial score (nSPS) is 17.2. The molecule has 1 fully saturated rings. The lowest BCUT2D eigenvalue weighted by Gasteiger charge is -2.27. The minimum atomic E-state index is -0.347. The van der Waals surface area contributed by atoms with Gasteiger partial charge in [0.2, 0.25) is 17.8 Å². The molecule has 0 spiro atoms. The molecule has 0 atom stereocenters. The Hall–Kier alpha value is -2.22. The van der Waals surface area contributed by atoms with Crippen molar-refractivity contribution in [3.63, 3.8) is 0 Å². The number of aliphatic hydroxyl groups is 1. The summed E-state index contributed by atoms with van der Waals surface area (Å²) >= 11 is 0. The number of rotatable bonds is 4. The number of hydrogen-bond acceptors (Lipinski definition) is 7. The highest BCUT2D eigenvalue weighted by Gasteiger charge is 2.34. The fraction of sp³-hybridized carbons (Fsp3) is 0.500. The molecule has 0 radical (unpaired) electrons. The summed E-state index contributed by atoms with van der Waals surface area (Å²) in [6.07, 6.45) is 8.93. The maximum Gasteiger partial charge on any atom is 0.241 e. The summed E-state index contributed by atoms with van der Waals surface area (Å²) in [6, 6.07) is 0. The van der Waals surface area contributed by atoms with Gasteiger partial charge < -0.3 is 16.2 Å². The molecule has 106 valence electrons. The first kappa shape index (κ1) is 12.8. The van der Waals surface area contributed by atoms with Crippen molar-refractivity contribution < 1.29 is 5.11 Å². The SMILES string of the molecule is Nc1nc(NC2(CO)CCCC2)nc(-n2ccnc2)n1. The Kier molecular flexibility index (Phi) is 3.23. The highest BCUT2D eigenvalue weighted by molar-refractivity contribution is 5.38. The Morgan fingerprint density at radius 3 is 2.75 bits per heavy atom. The molecule has 20 heavy (non-hydrogen) atoms. The number of nitrogen functional groups attached to an aromatic ring is 1. The molecule has 0 amide bonds. The average Bonchev–Trinajstić information content (AvgIpc) is 3.09. The van der Waals surface area contributed by atoms with Crippen LogP contribution in [-0.4, -0.2) is 41.8 Å². The van der Waals surface area contributed by atoms with Gasteiger partial charge in [-0.05, 0) is 12.8 Å². The molecule has 0 aromatic carbocycles. The summed E-state index contributed by atoms with van der Waals surface area (Å²) in [7, 11) is 0. The van der Waals surface area contributed by atoms with Gasteiger partial charge >= 0.3 is 0 Å². The Bertz CT molecular complexity index is 577. The van der Waals surface area contributed by atoms with E-state index in [1.54, 1.807) is 23.3 Å². The average molecular weight is 275 g/mol. The van der Waals surface area contributed by atoms with Gasteiger partial charge in [-0.3, -0.25) is 4.57 Å². The number of aliphatic hydroxyl groups excluding tert-OH is 1. The van der Waals surface area contributed by atoms with Crippen LogP contribution < -0.4 is 11.1 Å².